The van der Waals surface area contributed by atoms with Crippen LogP contribution < -0.4 is 5.56 Å². The molecule has 0 radical (unpaired) electrons. The predicted octanol–water partition coefficient (Wildman–Crippen LogP) is 3.34. The molecule has 0 fully saturated rings. The average Bonchev–Trinajstić information content (AvgIpc) is 3.33. The van der Waals surface area contributed by atoms with Gasteiger partial charge in [-0.15, -0.1) is 5.10 Å². The Kier molecular flexibility index (Phi) is 3.95. The monoisotopic (exact) mass is 405 g/mol. The zero-order chi connectivity index (χ0) is 20.1. The number of hydrogen-bond acceptors (Lipinski definition) is 5. The van der Waals surface area contributed by atoms with Crippen LogP contribution in [-0.2, 0) is 6.42 Å². The second-order valence-corrected chi connectivity index (χ2v) is 7.12. The molecule has 0 spiro atoms. The second kappa shape index (κ2) is 6.52. The number of aromatic nitrogens is 7. The molecule has 0 saturated carbocycles. The summed E-state index contributed by atoms with van der Waals surface area (Å²) in [4.78, 5) is 21.9. The maximum absolute atomic E-state index is 13.0. The Hall–Kier alpha value is -3.52. The summed E-state index contributed by atoms with van der Waals surface area (Å²) in [7, 11) is 0. The molecule has 0 unspecified atom stereocenters. The fraction of sp³-hybridized carbons (Fsp3) is 0.150. The van der Waals surface area contributed by atoms with Gasteiger partial charge in [0.25, 0.3) is 11.5 Å². The summed E-state index contributed by atoms with van der Waals surface area (Å²) in [5.74, 6) is 1.03. The van der Waals surface area contributed by atoms with E-state index in [4.69, 9.17) is 11.6 Å². The van der Waals surface area contributed by atoms with Crippen molar-refractivity contribution in [3.8, 4) is 17.1 Å². The molecule has 0 aliphatic rings. The normalized spacial score (nSPS) is 11.6. The first-order valence-corrected chi connectivity index (χ1v) is 9.52. The lowest BCUT2D eigenvalue weighted by Gasteiger charge is -2.05. The van der Waals surface area contributed by atoms with Crippen LogP contribution in [0.25, 0.3) is 33.6 Å². The Labute approximate surface area is 169 Å². The summed E-state index contributed by atoms with van der Waals surface area (Å²) in [5, 5.41) is 12.7. The first-order valence-electron chi connectivity index (χ1n) is 9.14. The van der Waals surface area contributed by atoms with Crippen LogP contribution in [-0.4, -0.2) is 34.3 Å². The maximum Gasteiger partial charge on any atom is 0.268 e. The van der Waals surface area contributed by atoms with Gasteiger partial charge in [-0.2, -0.15) is 10.1 Å². The summed E-state index contributed by atoms with van der Waals surface area (Å²) < 4.78 is 3.11. The third-order valence-corrected chi connectivity index (χ3v) is 5.14. The van der Waals surface area contributed by atoms with Gasteiger partial charge in [-0.3, -0.25) is 9.89 Å². The number of benzene rings is 1. The summed E-state index contributed by atoms with van der Waals surface area (Å²) >= 11 is 6.02. The minimum atomic E-state index is -0.250. The Morgan fingerprint density at radius 2 is 1.97 bits per heavy atom. The van der Waals surface area contributed by atoms with Gasteiger partial charge in [-0.1, -0.05) is 30.7 Å². The Balaban J connectivity index is 1.74. The van der Waals surface area contributed by atoms with E-state index in [1.165, 1.54) is 4.57 Å². The van der Waals surface area contributed by atoms with E-state index in [1.54, 1.807) is 16.9 Å². The molecule has 0 saturated heterocycles. The lowest BCUT2D eigenvalue weighted by molar-refractivity contribution is 0.892. The van der Waals surface area contributed by atoms with Gasteiger partial charge in [0.15, 0.2) is 5.65 Å². The molecule has 1 aromatic carbocycles. The highest BCUT2D eigenvalue weighted by molar-refractivity contribution is 6.30. The van der Waals surface area contributed by atoms with Crippen LogP contribution in [0, 0.1) is 6.92 Å². The van der Waals surface area contributed by atoms with Gasteiger partial charge in [0.1, 0.15) is 5.82 Å². The number of pyridine rings is 1. The summed E-state index contributed by atoms with van der Waals surface area (Å²) in [6, 6.07) is 9.36. The van der Waals surface area contributed by atoms with Crippen molar-refractivity contribution in [1.29, 1.82) is 0 Å². The molecule has 4 heterocycles. The van der Waals surface area contributed by atoms with Crippen molar-refractivity contribution in [2.75, 3.05) is 0 Å². The molecule has 0 atom stereocenters. The van der Waals surface area contributed by atoms with E-state index in [1.807, 2.05) is 44.2 Å². The van der Waals surface area contributed by atoms with Crippen LogP contribution in [0.2, 0.25) is 5.02 Å². The lowest BCUT2D eigenvalue weighted by atomic mass is 10.1. The van der Waals surface area contributed by atoms with Crippen molar-refractivity contribution >= 4 is 28.2 Å². The molecule has 0 bridgehead atoms. The van der Waals surface area contributed by atoms with Crippen LogP contribution >= 0.6 is 11.6 Å². The highest BCUT2D eigenvalue weighted by atomic mass is 35.5. The summed E-state index contributed by atoms with van der Waals surface area (Å²) in [6.07, 6.45) is 3.95. The average molecular weight is 406 g/mol. The van der Waals surface area contributed by atoms with Gasteiger partial charge < -0.3 is 0 Å². The molecule has 9 heteroatoms. The molecular formula is C20H16ClN7O. The standard InChI is InChI=1S/C20H16ClN7O/c1-3-16-23-20(25-24-16)27-9-8-15-14(19(27)29)10-22-18-17(11(2)26-28(15)18)12-4-6-13(21)7-5-12/h4-10H,3H2,1-2H3,(H,23,24,25). The minimum absolute atomic E-state index is 0.250. The van der Waals surface area contributed by atoms with Crippen LogP contribution in [0.15, 0.2) is 47.5 Å². The largest absolute Gasteiger partial charge is 0.268 e. The number of fused-ring (bicyclic) bond motifs is 3. The number of hydrogen-bond donors (Lipinski definition) is 1. The van der Waals surface area contributed by atoms with Gasteiger partial charge in [0.05, 0.1) is 16.6 Å². The summed E-state index contributed by atoms with van der Waals surface area (Å²) in [5.41, 5.74) is 3.80. The predicted molar refractivity (Wildman–Crippen MR) is 111 cm³/mol. The molecule has 5 aromatic rings. The number of nitrogens with zero attached hydrogens (tertiary/aromatic N) is 6. The quantitative estimate of drug-likeness (QED) is 0.496. The molecular weight excluding hydrogens is 390 g/mol. The highest BCUT2D eigenvalue weighted by Gasteiger charge is 2.17. The van der Waals surface area contributed by atoms with Crippen LogP contribution in [0.3, 0.4) is 0 Å². The molecule has 0 aliphatic heterocycles. The van der Waals surface area contributed by atoms with E-state index >= 15 is 0 Å². The Bertz CT molecular complexity index is 1430. The SMILES string of the molecule is CCc1nc(-n2ccc3c(cnc4c(-c5ccc(Cl)cc5)c(C)nn43)c2=O)n[nH]1. The topological polar surface area (TPSA) is 93.8 Å². The minimum Gasteiger partial charge on any atom is -0.268 e. The fourth-order valence-electron chi connectivity index (χ4n) is 3.44. The first kappa shape index (κ1) is 17.6. The number of halogens is 1. The van der Waals surface area contributed by atoms with E-state index < -0.39 is 0 Å². The summed E-state index contributed by atoms with van der Waals surface area (Å²) in [6.45, 7) is 3.89. The Morgan fingerprint density at radius 1 is 1.17 bits per heavy atom. The molecule has 144 valence electrons. The zero-order valence-electron chi connectivity index (χ0n) is 15.7. The molecule has 5 rings (SSSR count). The van der Waals surface area contributed by atoms with Crippen molar-refractivity contribution in [1.82, 2.24) is 34.3 Å². The zero-order valence-corrected chi connectivity index (χ0v) is 16.5. The molecule has 8 nitrogen and oxygen atoms in total. The van der Waals surface area contributed by atoms with Crippen molar-refractivity contribution in [3.05, 3.63) is 69.6 Å². The third kappa shape index (κ3) is 2.72. The van der Waals surface area contributed by atoms with Crippen LogP contribution in [0.1, 0.15) is 18.4 Å². The molecule has 1 N–H and O–H groups in total. The fourth-order valence-corrected chi connectivity index (χ4v) is 3.57. The van der Waals surface area contributed by atoms with E-state index in [-0.39, 0.29) is 5.56 Å². The van der Waals surface area contributed by atoms with Crippen molar-refractivity contribution in [2.24, 2.45) is 0 Å². The number of aromatic amines is 1. The Morgan fingerprint density at radius 3 is 2.69 bits per heavy atom. The lowest BCUT2D eigenvalue weighted by Crippen LogP contribution is -2.20. The van der Waals surface area contributed by atoms with Gasteiger partial charge >= 0.3 is 0 Å². The van der Waals surface area contributed by atoms with E-state index in [9.17, 15) is 4.79 Å². The van der Waals surface area contributed by atoms with Crippen LogP contribution in [0.4, 0.5) is 0 Å². The molecule has 4 aromatic heterocycles. The van der Waals surface area contributed by atoms with Gasteiger partial charge in [0, 0.05) is 29.4 Å². The second-order valence-electron chi connectivity index (χ2n) is 6.69. The van der Waals surface area contributed by atoms with Gasteiger partial charge in [0.2, 0.25) is 0 Å². The molecule has 0 amide bonds. The van der Waals surface area contributed by atoms with E-state index in [0.717, 1.165) is 22.6 Å². The number of rotatable bonds is 3. The highest BCUT2D eigenvalue weighted by Crippen LogP contribution is 2.29. The van der Waals surface area contributed by atoms with Crippen molar-refractivity contribution < 1.29 is 0 Å². The van der Waals surface area contributed by atoms with Crippen molar-refractivity contribution in [3.63, 3.8) is 0 Å². The van der Waals surface area contributed by atoms with Gasteiger partial charge in [-0.25, -0.2) is 14.1 Å². The smallest absolute Gasteiger partial charge is 0.268 e. The van der Waals surface area contributed by atoms with E-state index in [2.05, 4.69) is 25.3 Å². The molecule has 0 aliphatic carbocycles. The first-order chi connectivity index (χ1) is 14.1. The van der Waals surface area contributed by atoms with E-state index in [0.29, 0.717) is 33.9 Å². The third-order valence-electron chi connectivity index (χ3n) is 4.89. The number of nitrogens with one attached hydrogen (secondary N) is 1. The number of H-pyrrole nitrogens is 1. The van der Waals surface area contributed by atoms with Crippen LogP contribution in [0.5, 0.6) is 0 Å². The maximum atomic E-state index is 13.0. The van der Waals surface area contributed by atoms with Gasteiger partial charge in [-0.05, 0) is 30.7 Å². The molecule has 29 heavy (non-hydrogen) atoms. The number of aryl methyl sites for hydroxylation is 2. The van der Waals surface area contributed by atoms with Crippen molar-refractivity contribution in [2.45, 2.75) is 20.3 Å².